The highest BCUT2D eigenvalue weighted by Crippen LogP contribution is 2.36. The number of nitrogens with zero attached hydrogens (tertiary/aromatic N) is 1. The van der Waals surface area contributed by atoms with Gasteiger partial charge in [-0.2, -0.15) is 0 Å². The van der Waals surface area contributed by atoms with Gasteiger partial charge in [-0.05, 0) is 44.0 Å². The molecule has 0 bridgehead atoms. The quantitative estimate of drug-likeness (QED) is 0.885. The number of methoxy groups -OCH3 is 1. The Morgan fingerprint density at radius 1 is 1.42 bits per heavy atom. The Labute approximate surface area is 114 Å². The Bertz CT molecular complexity index is 475. The summed E-state index contributed by atoms with van der Waals surface area (Å²) < 4.78 is 5.35. The summed E-state index contributed by atoms with van der Waals surface area (Å²) in [6.45, 7) is 4.85. The van der Waals surface area contributed by atoms with Crippen LogP contribution in [0.15, 0.2) is 12.1 Å². The minimum atomic E-state index is -0.682. The fraction of sp³-hybridized carbons (Fsp3) is 0.533. The Morgan fingerprint density at radius 3 is 2.42 bits per heavy atom. The van der Waals surface area contributed by atoms with Gasteiger partial charge >= 0.3 is 5.97 Å². The summed E-state index contributed by atoms with van der Waals surface area (Å²) >= 11 is 0. The number of carbonyl (C=O) groups is 1. The SMILES string of the molecule is COc1c(C)cc(CN(C)C2CC2C(=O)O)cc1C. The maximum absolute atomic E-state index is 10.9. The number of ether oxygens (including phenoxy) is 1. The van der Waals surface area contributed by atoms with Crippen molar-refractivity contribution in [2.24, 2.45) is 5.92 Å². The molecule has 1 fully saturated rings. The number of hydrogen-bond donors (Lipinski definition) is 1. The number of aryl methyl sites for hydroxylation is 2. The van der Waals surface area contributed by atoms with E-state index in [1.54, 1.807) is 7.11 Å². The van der Waals surface area contributed by atoms with Crippen molar-refractivity contribution in [2.75, 3.05) is 14.2 Å². The number of benzene rings is 1. The Morgan fingerprint density at radius 2 is 2.00 bits per heavy atom. The molecule has 4 nitrogen and oxygen atoms in total. The van der Waals surface area contributed by atoms with Gasteiger partial charge in [-0.25, -0.2) is 0 Å². The van der Waals surface area contributed by atoms with E-state index in [-0.39, 0.29) is 12.0 Å². The van der Waals surface area contributed by atoms with Crippen molar-refractivity contribution in [3.63, 3.8) is 0 Å². The van der Waals surface area contributed by atoms with Gasteiger partial charge in [0.05, 0.1) is 13.0 Å². The molecule has 0 heterocycles. The van der Waals surface area contributed by atoms with Gasteiger partial charge in [-0.1, -0.05) is 12.1 Å². The largest absolute Gasteiger partial charge is 0.496 e. The lowest BCUT2D eigenvalue weighted by Crippen LogP contribution is -2.23. The molecule has 0 saturated heterocycles. The molecule has 104 valence electrons. The zero-order valence-electron chi connectivity index (χ0n) is 11.9. The van der Waals surface area contributed by atoms with Gasteiger partial charge in [0.2, 0.25) is 0 Å². The van der Waals surface area contributed by atoms with Crippen molar-refractivity contribution in [1.82, 2.24) is 4.90 Å². The molecule has 0 amide bonds. The second-order valence-electron chi connectivity index (χ2n) is 5.43. The highest BCUT2D eigenvalue weighted by Gasteiger charge is 2.45. The summed E-state index contributed by atoms with van der Waals surface area (Å²) in [5, 5.41) is 8.95. The number of aliphatic carboxylic acids is 1. The summed E-state index contributed by atoms with van der Waals surface area (Å²) in [7, 11) is 3.67. The number of carboxylic acid groups (broad SMARTS) is 1. The van der Waals surface area contributed by atoms with Crippen molar-refractivity contribution in [2.45, 2.75) is 32.9 Å². The van der Waals surface area contributed by atoms with Crippen LogP contribution in [0.25, 0.3) is 0 Å². The Balaban J connectivity index is 2.06. The summed E-state index contributed by atoms with van der Waals surface area (Å²) in [5.74, 6) is 0.0608. The zero-order valence-corrected chi connectivity index (χ0v) is 11.9. The van der Waals surface area contributed by atoms with Gasteiger partial charge in [-0.3, -0.25) is 9.69 Å². The smallest absolute Gasteiger partial charge is 0.308 e. The van der Waals surface area contributed by atoms with Gasteiger partial charge < -0.3 is 9.84 Å². The summed E-state index contributed by atoms with van der Waals surface area (Å²) in [6, 6.07) is 4.40. The van der Waals surface area contributed by atoms with E-state index in [0.29, 0.717) is 0 Å². The van der Waals surface area contributed by atoms with Crippen molar-refractivity contribution in [1.29, 1.82) is 0 Å². The molecule has 2 rings (SSSR count). The first-order valence-corrected chi connectivity index (χ1v) is 6.51. The van der Waals surface area contributed by atoms with E-state index in [1.807, 2.05) is 20.9 Å². The number of rotatable bonds is 5. The minimum absolute atomic E-state index is 0.181. The summed E-state index contributed by atoms with van der Waals surface area (Å²) in [5.41, 5.74) is 3.45. The third kappa shape index (κ3) is 2.89. The molecule has 1 aromatic rings. The average Bonchev–Trinajstić information content (AvgIpc) is 3.08. The minimum Gasteiger partial charge on any atom is -0.496 e. The molecule has 2 unspecified atom stereocenters. The molecule has 1 aliphatic rings. The predicted octanol–water partition coefficient (Wildman–Crippen LogP) is 2.22. The first-order valence-electron chi connectivity index (χ1n) is 6.51. The van der Waals surface area contributed by atoms with Gasteiger partial charge in [0.1, 0.15) is 5.75 Å². The molecular weight excluding hydrogens is 242 g/mol. The third-order valence-corrected chi connectivity index (χ3v) is 3.80. The van der Waals surface area contributed by atoms with E-state index >= 15 is 0 Å². The second-order valence-corrected chi connectivity index (χ2v) is 5.43. The highest BCUT2D eigenvalue weighted by molar-refractivity contribution is 5.74. The van der Waals surface area contributed by atoms with E-state index in [9.17, 15) is 4.79 Å². The van der Waals surface area contributed by atoms with Crippen LogP contribution in [0.3, 0.4) is 0 Å². The van der Waals surface area contributed by atoms with Crippen LogP contribution in [-0.4, -0.2) is 36.2 Å². The Kier molecular flexibility index (Phi) is 3.80. The maximum Gasteiger partial charge on any atom is 0.308 e. The fourth-order valence-corrected chi connectivity index (χ4v) is 2.79. The van der Waals surface area contributed by atoms with Crippen molar-refractivity contribution >= 4 is 5.97 Å². The number of carboxylic acids is 1. The lowest BCUT2D eigenvalue weighted by Gasteiger charge is -2.18. The normalized spacial score (nSPS) is 21.5. The third-order valence-electron chi connectivity index (χ3n) is 3.80. The predicted molar refractivity (Wildman–Crippen MR) is 73.5 cm³/mol. The molecule has 2 atom stereocenters. The Hall–Kier alpha value is -1.55. The zero-order chi connectivity index (χ0) is 14.2. The standard InChI is InChI=1S/C15H21NO3/c1-9-5-11(6-10(2)14(9)19-4)8-16(3)13-7-12(13)15(17)18/h5-6,12-13H,7-8H2,1-4H3,(H,17,18). The van der Waals surface area contributed by atoms with Crippen LogP contribution in [0, 0.1) is 19.8 Å². The maximum atomic E-state index is 10.9. The molecule has 0 aliphatic heterocycles. The van der Waals surface area contributed by atoms with Crippen LogP contribution >= 0.6 is 0 Å². The lowest BCUT2D eigenvalue weighted by molar-refractivity contribution is -0.138. The van der Waals surface area contributed by atoms with Gasteiger partial charge in [0.15, 0.2) is 0 Å². The fourth-order valence-electron chi connectivity index (χ4n) is 2.79. The molecule has 1 N–H and O–H groups in total. The number of hydrogen-bond acceptors (Lipinski definition) is 3. The molecule has 0 spiro atoms. The molecule has 1 aliphatic carbocycles. The lowest BCUT2D eigenvalue weighted by atomic mass is 10.1. The molecule has 0 radical (unpaired) electrons. The summed E-state index contributed by atoms with van der Waals surface area (Å²) in [4.78, 5) is 13.0. The molecule has 1 aromatic carbocycles. The van der Waals surface area contributed by atoms with Crippen molar-refractivity contribution in [3.8, 4) is 5.75 Å². The average molecular weight is 263 g/mol. The van der Waals surface area contributed by atoms with Crippen LogP contribution in [0.2, 0.25) is 0 Å². The molecule has 4 heteroatoms. The van der Waals surface area contributed by atoms with E-state index < -0.39 is 5.97 Å². The van der Waals surface area contributed by atoms with Crippen LogP contribution < -0.4 is 4.74 Å². The topological polar surface area (TPSA) is 49.8 Å². The van der Waals surface area contributed by atoms with Crippen LogP contribution in [-0.2, 0) is 11.3 Å². The van der Waals surface area contributed by atoms with E-state index in [1.165, 1.54) is 5.56 Å². The molecule has 19 heavy (non-hydrogen) atoms. The first-order chi connectivity index (χ1) is 8.93. The van der Waals surface area contributed by atoms with Crippen LogP contribution in [0.5, 0.6) is 5.75 Å². The van der Waals surface area contributed by atoms with E-state index in [2.05, 4.69) is 17.0 Å². The second kappa shape index (κ2) is 5.21. The van der Waals surface area contributed by atoms with Gasteiger partial charge in [0.25, 0.3) is 0 Å². The van der Waals surface area contributed by atoms with Crippen molar-refractivity contribution in [3.05, 3.63) is 28.8 Å². The van der Waals surface area contributed by atoms with Crippen molar-refractivity contribution < 1.29 is 14.6 Å². The van der Waals surface area contributed by atoms with Crippen LogP contribution in [0.4, 0.5) is 0 Å². The first kappa shape index (κ1) is 13.9. The van der Waals surface area contributed by atoms with Crippen LogP contribution in [0.1, 0.15) is 23.1 Å². The molecule has 1 saturated carbocycles. The molecule has 0 aromatic heterocycles. The molecular formula is C15H21NO3. The monoisotopic (exact) mass is 263 g/mol. The van der Waals surface area contributed by atoms with Gasteiger partial charge in [-0.15, -0.1) is 0 Å². The van der Waals surface area contributed by atoms with E-state index in [4.69, 9.17) is 9.84 Å². The van der Waals surface area contributed by atoms with E-state index in [0.717, 1.165) is 29.8 Å². The highest BCUT2D eigenvalue weighted by atomic mass is 16.5. The van der Waals surface area contributed by atoms with Gasteiger partial charge in [0, 0.05) is 12.6 Å². The summed E-state index contributed by atoms with van der Waals surface area (Å²) in [6.07, 6.45) is 0.764.